The lowest BCUT2D eigenvalue weighted by Crippen LogP contribution is -2.13. The molecular weight excluding hydrogens is 196 g/mol. The van der Waals surface area contributed by atoms with Crippen molar-refractivity contribution in [2.75, 3.05) is 0 Å². The first-order valence-electron chi connectivity index (χ1n) is 6.99. The summed E-state index contributed by atoms with van der Waals surface area (Å²) in [7, 11) is 0. The molecule has 0 saturated heterocycles. The molecule has 2 aliphatic carbocycles. The molecule has 1 nitrogen and oxygen atoms in total. The van der Waals surface area contributed by atoms with Crippen molar-refractivity contribution in [3.8, 4) is 0 Å². The Balaban J connectivity index is 1.86. The third kappa shape index (κ3) is 2.96. The highest BCUT2D eigenvalue weighted by molar-refractivity contribution is 5.96. The molecule has 1 saturated carbocycles. The SMILES string of the molecule is CC1=C(CCC2CCCCC2)C(=O)CCC1. The van der Waals surface area contributed by atoms with Crippen LogP contribution >= 0.6 is 0 Å². The number of allylic oxidation sites excluding steroid dienone is 2. The summed E-state index contributed by atoms with van der Waals surface area (Å²) < 4.78 is 0. The van der Waals surface area contributed by atoms with Crippen molar-refractivity contribution in [3.63, 3.8) is 0 Å². The number of rotatable bonds is 3. The molecule has 0 atom stereocenters. The Labute approximate surface area is 99.3 Å². The van der Waals surface area contributed by atoms with Crippen LogP contribution in [0.15, 0.2) is 11.1 Å². The maximum absolute atomic E-state index is 11.8. The lowest BCUT2D eigenvalue weighted by molar-refractivity contribution is -0.116. The first-order valence-corrected chi connectivity index (χ1v) is 6.99. The highest BCUT2D eigenvalue weighted by Gasteiger charge is 2.20. The van der Waals surface area contributed by atoms with E-state index in [1.807, 2.05) is 0 Å². The minimum absolute atomic E-state index is 0.444. The largest absolute Gasteiger partial charge is 0.295 e. The summed E-state index contributed by atoms with van der Waals surface area (Å²) >= 11 is 0. The second-order valence-corrected chi connectivity index (χ2v) is 5.58. The predicted molar refractivity (Wildman–Crippen MR) is 67.4 cm³/mol. The molecule has 0 amide bonds. The summed E-state index contributed by atoms with van der Waals surface area (Å²) in [5, 5.41) is 0. The summed E-state index contributed by atoms with van der Waals surface area (Å²) in [6.07, 6.45) is 12.4. The van der Waals surface area contributed by atoms with E-state index in [0.717, 1.165) is 31.6 Å². The topological polar surface area (TPSA) is 17.1 Å². The zero-order valence-electron chi connectivity index (χ0n) is 10.6. The molecule has 2 aliphatic rings. The third-order valence-electron chi connectivity index (χ3n) is 4.33. The third-order valence-corrected chi connectivity index (χ3v) is 4.33. The molecule has 0 aromatic heterocycles. The molecule has 0 N–H and O–H groups in total. The van der Waals surface area contributed by atoms with E-state index in [1.54, 1.807) is 0 Å². The molecule has 2 rings (SSSR count). The van der Waals surface area contributed by atoms with Gasteiger partial charge in [0.25, 0.3) is 0 Å². The van der Waals surface area contributed by atoms with Crippen molar-refractivity contribution in [2.45, 2.75) is 71.1 Å². The molecule has 0 unspecified atom stereocenters. The Kier molecular flexibility index (Phi) is 4.20. The first-order chi connectivity index (χ1) is 7.77. The van der Waals surface area contributed by atoms with Crippen LogP contribution in [0.5, 0.6) is 0 Å². The van der Waals surface area contributed by atoms with Gasteiger partial charge in [-0.2, -0.15) is 0 Å². The van der Waals surface area contributed by atoms with Crippen LogP contribution in [0.2, 0.25) is 0 Å². The fourth-order valence-electron chi connectivity index (χ4n) is 3.23. The highest BCUT2D eigenvalue weighted by Crippen LogP contribution is 2.31. The zero-order chi connectivity index (χ0) is 11.4. The summed E-state index contributed by atoms with van der Waals surface area (Å²) in [5.41, 5.74) is 2.57. The molecule has 0 spiro atoms. The van der Waals surface area contributed by atoms with Crippen LogP contribution in [0, 0.1) is 5.92 Å². The average Bonchev–Trinajstić information content (AvgIpc) is 2.30. The van der Waals surface area contributed by atoms with Gasteiger partial charge in [0.05, 0.1) is 0 Å². The molecule has 0 aromatic rings. The molecule has 1 heteroatoms. The number of hydrogen-bond acceptors (Lipinski definition) is 1. The Bertz CT molecular complexity index is 282. The zero-order valence-corrected chi connectivity index (χ0v) is 10.6. The molecule has 0 aromatic carbocycles. The van der Waals surface area contributed by atoms with Gasteiger partial charge in [0.1, 0.15) is 0 Å². The van der Waals surface area contributed by atoms with Gasteiger partial charge in [0, 0.05) is 6.42 Å². The minimum Gasteiger partial charge on any atom is -0.295 e. The van der Waals surface area contributed by atoms with Gasteiger partial charge in [-0.15, -0.1) is 0 Å². The second kappa shape index (κ2) is 5.65. The van der Waals surface area contributed by atoms with Crippen LogP contribution in [0.4, 0.5) is 0 Å². The van der Waals surface area contributed by atoms with Gasteiger partial charge in [-0.3, -0.25) is 4.79 Å². The van der Waals surface area contributed by atoms with E-state index >= 15 is 0 Å². The molecule has 0 radical (unpaired) electrons. The molecule has 0 aliphatic heterocycles. The van der Waals surface area contributed by atoms with Gasteiger partial charge >= 0.3 is 0 Å². The Morgan fingerprint density at radius 2 is 1.81 bits per heavy atom. The van der Waals surface area contributed by atoms with E-state index in [-0.39, 0.29) is 0 Å². The highest BCUT2D eigenvalue weighted by atomic mass is 16.1. The smallest absolute Gasteiger partial charge is 0.158 e. The van der Waals surface area contributed by atoms with Crippen LogP contribution < -0.4 is 0 Å². The van der Waals surface area contributed by atoms with Gasteiger partial charge in [0.15, 0.2) is 5.78 Å². The Hall–Kier alpha value is -0.590. The van der Waals surface area contributed by atoms with Gasteiger partial charge in [-0.25, -0.2) is 0 Å². The molecule has 16 heavy (non-hydrogen) atoms. The number of carbonyl (C=O) groups is 1. The molecule has 0 heterocycles. The van der Waals surface area contributed by atoms with Crippen molar-refractivity contribution in [1.82, 2.24) is 0 Å². The molecular formula is C15H24O. The van der Waals surface area contributed by atoms with E-state index in [9.17, 15) is 4.79 Å². The van der Waals surface area contributed by atoms with Crippen LogP contribution in [0.1, 0.15) is 71.1 Å². The van der Waals surface area contributed by atoms with Crippen LogP contribution in [0.25, 0.3) is 0 Å². The van der Waals surface area contributed by atoms with Gasteiger partial charge in [-0.1, -0.05) is 37.7 Å². The average molecular weight is 220 g/mol. The molecule has 90 valence electrons. The fourth-order valence-corrected chi connectivity index (χ4v) is 3.23. The van der Waals surface area contributed by atoms with Crippen molar-refractivity contribution >= 4 is 5.78 Å². The van der Waals surface area contributed by atoms with Crippen molar-refractivity contribution in [1.29, 1.82) is 0 Å². The van der Waals surface area contributed by atoms with Gasteiger partial charge in [-0.05, 0) is 44.1 Å². The summed E-state index contributed by atoms with van der Waals surface area (Å²) in [6.45, 7) is 2.16. The van der Waals surface area contributed by atoms with Crippen molar-refractivity contribution in [2.24, 2.45) is 5.92 Å². The Morgan fingerprint density at radius 1 is 1.06 bits per heavy atom. The number of ketones is 1. The van der Waals surface area contributed by atoms with Gasteiger partial charge in [0.2, 0.25) is 0 Å². The fraction of sp³-hybridized carbons (Fsp3) is 0.800. The normalized spacial score (nSPS) is 23.9. The summed E-state index contributed by atoms with van der Waals surface area (Å²) in [5.74, 6) is 1.35. The predicted octanol–water partition coefficient (Wildman–Crippen LogP) is 4.42. The number of hydrogen-bond donors (Lipinski definition) is 0. The van der Waals surface area contributed by atoms with Crippen LogP contribution in [-0.2, 0) is 4.79 Å². The van der Waals surface area contributed by atoms with Crippen LogP contribution in [0.3, 0.4) is 0 Å². The summed E-state index contributed by atoms with van der Waals surface area (Å²) in [4.78, 5) is 11.8. The van der Waals surface area contributed by atoms with Crippen molar-refractivity contribution < 1.29 is 4.79 Å². The van der Waals surface area contributed by atoms with Gasteiger partial charge < -0.3 is 0 Å². The standard InChI is InChI=1S/C15H24O/c1-12-6-5-9-15(16)14(12)11-10-13-7-3-2-4-8-13/h13H,2-11H2,1H3. The first kappa shape index (κ1) is 11.9. The van der Waals surface area contributed by atoms with Crippen molar-refractivity contribution in [3.05, 3.63) is 11.1 Å². The lowest BCUT2D eigenvalue weighted by atomic mass is 9.82. The number of Topliss-reactive ketones (excluding diaryl/α,β-unsaturated/α-hetero) is 1. The molecule has 1 fully saturated rings. The lowest BCUT2D eigenvalue weighted by Gasteiger charge is -2.23. The second-order valence-electron chi connectivity index (χ2n) is 5.58. The maximum Gasteiger partial charge on any atom is 0.158 e. The van der Waals surface area contributed by atoms with E-state index in [0.29, 0.717) is 5.78 Å². The minimum atomic E-state index is 0.444. The molecule has 0 bridgehead atoms. The monoisotopic (exact) mass is 220 g/mol. The van der Waals surface area contributed by atoms with E-state index in [1.165, 1.54) is 49.7 Å². The maximum atomic E-state index is 11.8. The van der Waals surface area contributed by atoms with E-state index in [2.05, 4.69) is 6.92 Å². The Morgan fingerprint density at radius 3 is 2.50 bits per heavy atom. The number of carbonyl (C=O) groups excluding carboxylic acids is 1. The summed E-state index contributed by atoms with van der Waals surface area (Å²) in [6, 6.07) is 0. The van der Waals surface area contributed by atoms with E-state index < -0.39 is 0 Å². The van der Waals surface area contributed by atoms with Crippen LogP contribution in [-0.4, -0.2) is 5.78 Å². The quantitative estimate of drug-likeness (QED) is 0.688. The van der Waals surface area contributed by atoms with E-state index in [4.69, 9.17) is 0 Å².